The highest BCUT2D eigenvalue weighted by Crippen LogP contribution is 2.30. The van der Waals surface area contributed by atoms with Gasteiger partial charge in [-0.1, -0.05) is 26.8 Å². The van der Waals surface area contributed by atoms with Crippen LogP contribution in [0.4, 0.5) is 10.1 Å². The van der Waals surface area contributed by atoms with Gasteiger partial charge in [0.25, 0.3) is 0 Å². The standard InChI is InChI=1S/C21H27FN2O4S/c1-20(2,3)19(25)23-16-8-7-9-17(18(16)22)28-14-10-12-15(13-11-14)29(26,27)24-21(4,5)6/h7-13,24H,1-6H3,(H,23,25). The molecular formula is C21H27FN2O4S. The van der Waals surface area contributed by atoms with Crippen molar-refractivity contribution >= 4 is 21.6 Å². The Kier molecular flexibility index (Phi) is 6.39. The first-order chi connectivity index (χ1) is 13.2. The van der Waals surface area contributed by atoms with Crippen molar-refractivity contribution in [3.05, 3.63) is 48.3 Å². The molecule has 29 heavy (non-hydrogen) atoms. The lowest BCUT2D eigenvalue weighted by atomic mass is 9.95. The molecule has 0 aromatic heterocycles. The van der Waals surface area contributed by atoms with Crippen molar-refractivity contribution in [1.29, 1.82) is 0 Å². The number of anilines is 1. The van der Waals surface area contributed by atoms with Gasteiger partial charge in [-0.05, 0) is 57.2 Å². The lowest BCUT2D eigenvalue weighted by Crippen LogP contribution is -2.40. The van der Waals surface area contributed by atoms with Crippen LogP contribution in [-0.4, -0.2) is 19.9 Å². The zero-order valence-electron chi connectivity index (χ0n) is 17.5. The first-order valence-corrected chi connectivity index (χ1v) is 10.6. The Bertz CT molecular complexity index is 989. The van der Waals surface area contributed by atoms with E-state index in [-0.39, 0.29) is 28.0 Å². The molecule has 2 aromatic carbocycles. The molecule has 0 radical (unpaired) electrons. The minimum atomic E-state index is -3.68. The second-order valence-electron chi connectivity index (χ2n) is 8.75. The molecule has 0 atom stereocenters. The maximum absolute atomic E-state index is 14.7. The van der Waals surface area contributed by atoms with Gasteiger partial charge in [0.15, 0.2) is 11.6 Å². The Morgan fingerprint density at radius 3 is 2.07 bits per heavy atom. The normalized spacial score (nSPS) is 12.5. The SMILES string of the molecule is CC(C)(C)NS(=O)(=O)c1ccc(Oc2cccc(NC(=O)C(C)(C)C)c2F)cc1. The van der Waals surface area contributed by atoms with E-state index in [1.165, 1.54) is 36.4 Å². The highest BCUT2D eigenvalue weighted by Gasteiger charge is 2.24. The number of carbonyl (C=O) groups excluding carboxylic acids is 1. The fourth-order valence-corrected chi connectivity index (χ4v) is 3.69. The highest BCUT2D eigenvalue weighted by atomic mass is 32.2. The Morgan fingerprint density at radius 1 is 0.966 bits per heavy atom. The average Bonchev–Trinajstić information content (AvgIpc) is 2.56. The Morgan fingerprint density at radius 2 is 1.55 bits per heavy atom. The summed E-state index contributed by atoms with van der Waals surface area (Å²) in [6.45, 7) is 10.4. The summed E-state index contributed by atoms with van der Waals surface area (Å²) >= 11 is 0. The number of sulfonamides is 1. The maximum Gasteiger partial charge on any atom is 0.241 e. The number of hydrogen-bond donors (Lipinski definition) is 2. The van der Waals surface area contributed by atoms with Crippen LogP contribution in [0.1, 0.15) is 41.5 Å². The van der Waals surface area contributed by atoms with E-state index in [9.17, 15) is 17.6 Å². The average molecular weight is 423 g/mol. The predicted octanol–water partition coefficient (Wildman–Crippen LogP) is 4.68. The number of halogens is 1. The molecule has 0 fully saturated rings. The molecule has 1 amide bonds. The van der Waals surface area contributed by atoms with Gasteiger partial charge < -0.3 is 10.1 Å². The van der Waals surface area contributed by atoms with Gasteiger partial charge in [-0.15, -0.1) is 0 Å². The Labute approximate surface area is 171 Å². The molecule has 0 heterocycles. The molecule has 0 bridgehead atoms. The first kappa shape index (κ1) is 22.8. The number of carbonyl (C=O) groups is 1. The number of hydrogen-bond acceptors (Lipinski definition) is 4. The van der Waals surface area contributed by atoms with Crippen molar-refractivity contribution in [2.75, 3.05) is 5.32 Å². The topological polar surface area (TPSA) is 84.5 Å². The monoisotopic (exact) mass is 422 g/mol. The van der Waals surface area contributed by atoms with Crippen LogP contribution in [0.3, 0.4) is 0 Å². The first-order valence-electron chi connectivity index (χ1n) is 9.11. The molecule has 0 aliphatic heterocycles. The third kappa shape index (κ3) is 6.27. The van der Waals surface area contributed by atoms with E-state index in [0.29, 0.717) is 0 Å². The molecule has 0 aliphatic carbocycles. The van der Waals surface area contributed by atoms with Crippen LogP contribution in [0.2, 0.25) is 0 Å². The van der Waals surface area contributed by atoms with Crippen LogP contribution in [-0.2, 0) is 14.8 Å². The summed E-state index contributed by atoms with van der Waals surface area (Å²) in [4.78, 5) is 12.2. The molecule has 0 saturated heterocycles. The summed E-state index contributed by atoms with van der Waals surface area (Å²) in [5.74, 6) is -0.858. The summed E-state index contributed by atoms with van der Waals surface area (Å²) in [6, 6.07) is 10.1. The van der Waals surface area contributed by atoms with Gasteiger partial charge in [0, 0.05) is 11.0 Å². The largest absolute Gasteiger partial charge is 0.454 e. The van der Waals surface area contributed by atoms with E-state index in [1.54, 1.807) is 47.6 Å². The van der Waals surface area contributed by atoms with Gasteiger partial charge >= 0.3 is 0 Å². The molecule has 2 N–H and O–H groups in total. The Hall–Kier alpha value is -2.45. The summed E-state index contributed by atoms with van der Waals surface area (Å²) < 4.78 is 47.5. The lowest BCUT2D eigenvalue weighted by molar-refractivity contribution is -0.123. The molecular weight excluding hydrogens is 395 g/mol. The summed E-state index contributed by atoms with van der Waals surface area (Å²) in [7, 11) is -3.68. The molecule has 158 valence electrons. The van der Waals surface area contributed by atoms with E-state index in [0.717, 1.165) is 0 Å². The van der Waals surface area contributed by atoms with E-state index < -0.39 is 26.8 Å². The number of rotatable bonds is 5. The predicted molar refractivity (Wildman–Crippen MR) is 111 cm³/mol. The second kappa shape index (κ2) is 8.12. The third-order valence-corrected chi connectivity index (χ3v) is 5.47. The van der Waals surface area contributed by atoms with Crippen LogP contribution in [0.5, 0.6) is 11.5 Å². The summed E-state index contributed by atoms with van der Waals surface area (Å²) in [6.07, 6.45) is 0. The minimum absolute atomic E-state index is 0.0102. The van der Waals surface area contributed by atoms with Crippen molar-refractivity contribution in [2.24, 2.45) is 5.41 Å². The van der Waals surface area contributed by atoms with Crippen LogP contribution in [0, 0.1) is 11.2 Å². The smallest absolute Gasteiger partial charge is 0.241 e. The van der Waals surface area contributed by atoms with E-state index in [2.05, 4.69) is 10.0 Å². The maximum atomic E-state index is 14.7. The van der Waals surface area contributed by atoms with Crippen molar-refractivity contribution in [3.63, 3.8) is 0 Å². The Balaban J connectivity index is 2.21. The second-order valence-corrected chi connectivity index (χ2v) is 10.4. The fourth-order valence-electron chi connectivity index (χ4n) is 2.27. The van der Waals surface area contributed by atoms with Crippen molar-refractivity contribution in [2.45, 2.75) is 52.0 Å². The molecule has 0 spiro atoms. The molecule has 6 nitrogen and oxygen atoms in total. The summed E-state index contributed by atoms with van der Waals surface area (Å²) in [5.41, 5.74) is -1.28. The van der Waals surface area contributed by atoms with Gasteiger partial charge in [0.05, 0.1) is 10.6 Å². The highest BCUT2D eigenvalue weighted by molar-refractivity contribution is 7.89. The minimum Gasteiger partial charge on any atom is -0.454 e. The molecule has 0 aliphatic rings. The van der Waals surface area contributed by atoms with Crippen molar-refractivity contribution < 1.29 is 22.3 Å². The van der Waals surface area contributed by atoms with Gasteiger partial charge in [-0.25, -0.2) is 17.5 Å². The number of benzene rings is 2. The van der Waals surface area contributed by atoms with Crippen LogP contribution < -0.4 is 14.8 Å². The zero-order valence-corrected chi connectivity index (χ0v) is 18.3. The van der Waals surface area contributed by atoms with Crippen molar-refractivity contribution in [3.8, 4) is 11.5 Å². The molecule has 2 aromatic rings. The third-order valence-electron chi connectivity index (χ3n) is 3.70. The summed E-state index contributed by atoms with van der Waals surface area (Å²) in [5, 5.41) is 2.55. The van der Waals surface area contributed by atoms with Crippen LogP contribution in [0.15, 0.2) is 47.4 Å². The van der Waals surface area contributed by atoms with Gasteiger partial charge in [-0.2, -0.15) is 0 Å². The molecule has 2 rings (SSSR count). The van der Waals surface area contributed by atoms with Crippen LogP contribution >= 0.6 is 0 Å². The lowest BCUT2D eigenvalue weighted by Gasteiger charge is -2.20. The van der Waals surface area contributed by atoms with Gasteiger partial charge in [0.1, 0.15) is 5.75 Å². The number of nitrogens with one attached hydrogen (secondary N) is 2. The number of ether oxygens (including phenoxy) is 1. The van der Waals surface area contributed by atoms with Gasteiger partial charge in [0.2, 0.25) is 15.9 Å². The molecule has 0 unspecified atom stereocenters. The van der Waals surface area contributed by atoms with Crippen molar-refractivity contribution in [1.82, 2.24) is 4.72 Å². The quantitative estimate of drug-likeness (QED) is 0.733. The molecule has 0 saturated carbocycles. The van der Waals surface area contributed by atoms with E-state index >= 15 is 0 Å². The fraction of sp³-hybridized carbons (Fsp3) is 0.381. The van der Waals surface area contributed by atoms with E-state index in [1.807, 2.05) is 0 Å². The zero-order chi connectivity index (χ0) is 22.0. The van der Waals surface area contributed by atoms with Crippen LogP contribution in [0.25, 0.3) is 0 Å². The van der Waals surface area contributed by atoms with Gasteiger partial charge in [-0.3, -0.25) is 4.79 Å². The molecule has 8 heteroatoms. The number of amides is 1. The van der Waals surface area contributed by atoms with E-state index in [4.69, 9.17) is 4.74 Å².